The minimum atomic E-state index is 0.715. The molecule has 0 aromatic heterocycles. The third kappa shape index (κ3) is 1.75. The van der Waals surface area contributed by atoms with Gasteiger partial charge in [0.2, 0.25) is 0 Å². The summed E-state index contributed by atoms with van der Waals surface area (Å²) < 4.78 is 0. The summed E-state index contributed by atoms with van der Waals surface area (Å²) in [6.45, 7) is 2.03. The van der Waals surface area contributed by atoms with Crippen LogP contribution in [0.2, 0.25) is 0 Å². The molecule has 0 atom stereocenters. The Hall–Kier alpha value is -2.07. The number of nitriles is 1. The molecule has 0 aliphatic rings. The predicted molar refractivity (Wildman–Crippen MR) is 60.2 cm³/mol. The highest BCUT2D eigenvalue weighted by Crippen LogP contribution is 2.25. The first-order chi connectivity index (χ1) is 7.33. The molecule has 0 unspecified atom stereocenters. The van der Waals surface area contributed by atoms with E-state index < -0.39 is 0 Å². The fraction of sp³-hybridized carbons (Fsp3) is 0.0714. The van der Waals surface area contributed by atoms with E-state index in [4.69, 9.17) is 5.26 Å². The van der Waals surface area contributed by atoms with E-state index in [2.05, 4.69) is 12.1 Å². The highest BCUT2D eigenvalue weighted by molar-refractivity contribution is 5.72. The third-order valence-electron chi connectivity index (χ3n) is 2.41. The van der Waals surface area contributed by atoms with Crippen molar-refractivity contribution in [3.63, 3.8) is 0 Å². The first-order valence-electron chi connectivity index (χ1n) is 4.79. The molecule has 0 amide bonds. The lowest BCUT2D eigenvalue weighted by molar-refractivity contribution is 1.43. The molecule has 0 aliphatic carbocycles. The molecule has 1 radical (unpaired) electrons. The Bertz CT molecular complexity index is 521. The van der Waals surface area contributed by atoms with Crippen LogP contribution < -0.4 is 0 Å². The van der Waals surface area contributed by atoms with Crippen molar-refractivity contribution < 1.29 is 0 Å². The van der Waals surface area contributed by atoms with Gasteiger partial charge in [-0.15, -0.1) is 0 Å². The van der Waals surface area contributed by atoms with Gasteiger partial charge in [-0.3, -0.25) is 0 Å². The number of nitrogens with zero attached hydrogens (tertiary/aromatic N) is 1. The Morgan fingerprint density at radius 1 is 1.13 bits per heavy atom. The second-order valence-electron chi connectivity index (χ2n) is 3.40. The molecule has 0 fully saturated rings. The largest absolute Gasteiger partial charge is 0.192 e. The summed E-state index contributed by atoms with van der Waals surface area (Å²) in [5.41, 5.74) is 3.95. The van der Waals surface area contributed by atoms with Crippen molar-refractivity contribution in [2.75, 3.05) is 0 Å². The van der Waals surface area contributed by atoms with Crippen LogP contribution in [0.3, 0.4) is 0 Å². The van der Waals surface area contributed by atoms with Gasteiger partial charge < -0.3 is 0 Å². The average molecular weight is 192 g/mol. The molecule has 1 nitrogen and oxygen atoms in total. The number of rotatable bonds is 1. The minimum absolute atomic E-state index is 0.715. The van der Waals surface area contributed by atoms with Gasteiger partial charge in [-0.05, 0) is 35.7 Å². The Morgan fingerprint density at radius 2 is 1.93 bits per heavy atom. The maximum atomic E-state index is 9.01. The van der Waals surface area contributed by atoms with E-state index >= 15 is 0 Å². The van der Waals surface area contributed by atoms with Crippen LogP contribution in [-0.4, -0.2) is 0 Å². The monoisotopic (exact) mass is 192 g/mol. The summed E-state index contributed by atoms with van der Waals surface area (Å²) in [6.07, 6.45) is 0. The summed E-state index contributed by atoms with van der Waals surface area (Å²) in [7, 11) is 0. The number of aryl methyl sites for hydroxylation is 1. The topological polar surface area (TPSA) is 23.8 Å². The van der Waals surface area contributed by atoms with Gasteiger partial charge in [0.05, 0.1) is 11.6 Å². The molecule has 2 aromatic carbocycles. The zero-order chi connectivity index (χ0) is 10.7. The van der Waals surface area contributed by atoms with Gasteiger partial charge in [0.1, 0.15) is 0 Å². The van der Waals surface area contributed by atoms with Gasteiger partial charge in [-0.25, -0.2) is 0 Å². The first kappa shape index (κ1) is 9.48. The van der Waals surface area contributed by atoms with Gasteiger partial charge in [-0.1, -0.05) is 36.4 Å². The van der Waals surface area contributed by atoms with Gasteiger partial charge in [0.15, 0.2) is 0 Å². The summed E-state index contributed by atoms with van der Waals surface area (Å²) in [5, 5.41) is 9.01. The summed E-state index contributed by atoms with van der Waals surface area (Å²) >= 11 is 0. The van der Waals surface area contributed by atoms with E-state index in [9.17, 15) is 0 Å². The normalized spacial score (nSPS) is 9.60. The maximum absolute atomic E-state index is 9.01. The minimum Gasteiger partial charge on any atom is -0.192 e. The summed E-state index contributed by atoms with van der Waals surface area (Å²) in [6, 6.07) is 18.7. The molecule has 2 rings (SSSR count). The van der Waals surface area contributed by atoms with Crippen molar-refractivity contribution in [2.45, 2.75) is 6.92 Å². The molecule has 0 N–H and O–H groups in total. The van der Waals surface area contributed by atoms with Crippen LogP contribution in [0, 0.1) is 24.3 Å². The Balaban J connectivity index is 2.65. The lowest BCUT2D eigenvalue weighted by Gasteiger charge is -2.06. The van der Waals surface area contributed by atoms with Crippen LogP contribution in [0.25, 0.3) is 11.1 Å². The smallest absolute Gasteiger partial charge is 0.0998 e. The fourth-order valence-electron chi connectivity index (χ4n) is 1.63. The molecule has 0 bridgehead atoms. The van der Waals surface area contributed by atoms with Gasteiger partial charge in [0.25, 0.3) is 0 Å². The van der Waals surface area contributed by atoms with Crippen molar-refractivity contribution in [2.24, 2.45) is 0 Å². The van der Waals surface area contributed by atoms with Crippen LogP contribution in [0.15, 0.2) is 42.5 Å². The molecule has 0 spiro atoms. The molecule has 0 heterocycles. The Kier molecular flexibility index (Phi) is 2.51. The molecule has 71 valence electrons. The highest BCUT2D eigenvalue weighted by Gasteiger charge is 2.05. The van der Waals surface area contributed by atoms with E-state index in [1.54, 1.807) is 0 Å². The zero-order valence-corrected chi connectivity index (χ0v) is 8.49. The fourth-order valence-corrected chi connectivity index (χ4v) is 1.63. The number of hydrogen-bond acceptors (Lipinski definition) is 1. The van der Waals surface area contributed by atoms with Crippen molar-refractivity contribution >= 4 is 0 Å². The second kappa shape index (κ2) is 3.98. The van der Waals surface area contributed by atoms with E-state index in [1.807, 2.05) is 49.4 Å². The summed E-state index contributed by atoms with van der Waals surface area (Å²) in [4.78, 5) is 0. The Morgan fingerprint density at radius 3 is 2.67 bits per heavy atom. The lowest BCUT2D eigenvalue weighted by atomic mass is 9.97. The second-order valence-corrected chi connectivity index (χ2v) is 3.40. The molecular formula is C14H10N. The average Bonchev–Trinajstić information content (AvgIpc) is 2.30. The first-order valence-corrected chi connectivity index (χ1v) is 4.79. The third-order valence-corrected chi connectivity index (χ3v) is 2.41. The van der Waals surface area contributed by atoms with Crippen LogP contribution >= 0.6 is 0 Å². The zero-order valence-electron chi connectivity index (χ0n) is 8.49. The van der Waals surface area contributed by atoms with E-state index in [1.165, 1.54) is 0 Å². The van der Waals surface area contributed by atoms with Crippen LogP contribution in [0.1, 0.15) is 11.1 Å². The quantitative estimate of drug-likeness (QED) is 0.679. The van der Waals surface area contributed by atoms with E-state index in [-0.39, 0.29) is 0 Å². The summed E-state index contributed by atoms with van der Waals surface area (Å²) in [5.74, 6) is 0. The Labute approximate surface area is 89.6 Å². The molecule has 15 heavy (non-hydrogen) atoms. The lowest BCUT2D eigenvalue weighted by Crippen LogP contribution is -1.86. The molecular weight excluding hydrogens is 182 g/mol. The van der Waals surface area contributed by atoms with Crippen molar-refractivity contribution in [1.29, 1.82) is 5.26 Å². The van der Waals surface area contributed by atoms with Crippen molar-refractivity contribution in [3.05, 3.63) is 59.7 Å². The van der Waals surface area contributed by atoms with Crippen LogP contribution in [0.4, 0.5) is 0 Å². The van der Waals surface area contributed by atoms with Gasteiger partial charge in [-0.2, -0.15) is 5.26 Å². The molecule has 0 saturated carbocycles. The molecule has 0 aliphatic heterocycles. The van der Waals surface area contributed by atoms with Crippen LogP contribution in [-0.2, 0) is 0 Å². The van der Waals surface area contributed by atoms with E-state index in [0.717, 1.165) is 16.7 Å². The van der Waals surface area contributed by atoms with Crippen LogP contribution in [0.5, 0.6) is 0 Å². The van der Waals surface area contributed by atoms with Crippen molar-refractivity contribution in [3.8, 4) is 17.2 Å². The van der Waals surface area contributed by atoms with Gasteiger partial charge >= 0.3 is 0 Å². The predicted octanol–water partition coefficient (Wildman–Crippen LogP) is 3.33. The molecule has 2 aromatic rings. The standard InChI is InChI=1S/C14H10N/c1-11-6-2-4-8-13(11)14-9-5-3-7-12(14)10-15/h3-9H,1H3. The molecule has 1 heteroatoms. The van der Waals surface area contributed by atoms with Crippen molar-refractivity contribution in [1.82, 2.24) is 0 Å². The van der Waals surface area contributed by atoms with Gasteiger partial charge in [0, 0.05) is 0 Å². The number of hydrogen-bond donors (Lipinski definition) is 0. The maximum Gasteiger partial charge on any atom is 0.0998 e. The number of benzene rings is 2. The highest BCUT2D eigenvalue weighted by atomic mass is 14.2. The van der Waals surface area contributed by atoms with E-state index in [0.29, 0.717) is 5.56 Å². The SMILES string of the molecule is Cc1c[c]ccc1-c1ccccc1C#N. The molecule has 0 saturated heterocycles.